The molecule has 1 aromatic heterocycles. The number of halogens is 1. The van der Waals surface area contributed by atoms with E-state index in [1.807, 2.05) is 4.90 Å². The number of piperidine rings is 1. The van der Waals surface area contributed by atoms with Gasteiger partial charge in [0.1, 0.15) is 23.2 Å². The van der Waals surface area contributed by atoms with Gasteiger partial charge in [-0.1, -0.05) is 0 Å². The molecule has 3 rings (SSSR count). The summed E-state index contributed by atoms with van der Waals surface area (Å²) in [6.07, 6.45) is 4.42. The SMILES string of the molecule is COc1ccc(F)c2c(N3CCC(CS(C)(=N)=O)CC3)c(C#N)cnc12. The number of benzene rings is 1. The van der Waals surface area contributed by atoms with Crippen molar-refractivity contribution in [3.63, 3.8) is 0 Å². The Morgan fingerprint density at radius 3 is 2.73 bits per heavy atom. The molecule has 1 aromatic carbocycles. The minimum atomic E-state index is -2.53. The Labute approximate surface area is 152 Å². The third-order valence-corrected chi connectivity index (χ3v) is 5.84. The lowest BCUT2D eigenvalue weighted by atomic mass is 9.97. The van der Waals surface area contributed by atoms with E-state index in [0.717, 1.165) is 12.8 Å². The first-order chi connectivity index (χ1) is 12.3. The number of anilines is 1. The molecule has 1 aliphatic heterocycles. The average Bonchev–Trinajstić information content (AvgIpc) is 2.60. The largest absolute Gasteiger partial charge is 0.494 e. The molecular formula is C18H21FN4O2S. The molecule has 0 aliphatic carbocycles. The first-order valence-corrected chi connectivity index (χ1v) is 10.5. The molecule has 26 heavy (non-hydrogen) atoms. The maximum absolute atomic E-state index is 14.6. The molecule has 0 bridgehead atoms. The van der Waals surface area contributed by atoms with Crippen LogP contribution in [0.25, 0.3) is 10.9 Å². The summed E-state index contributed by atoms with van der Waals surface area (Å²) < 4.78 is 39.3. The third-order valence-electron chi connectivity index (χ3n) is 4.73. The number of aromatic nitrogens is 1. The number of methoxy groups -OCH3 is 1. The minimum Gasteiger partial charge on any atom is -0.494 e. The molecule has 1 aliphatic rings. The summed E-state index contributed by atoms with van der Waals surface area (Å²) in [5.74, 6) is 0.608. The van der Waals surface area contributed by atoms with Gasteiger partial charge in [-0.3, -0.25) is 14.0 Å². The van der Waals surface area contributed by atoms with Crippen LogP contribution in [0, 0.1) is 27.8 Å². The quantitative estimate of drug-likeness (QED) is 0.885. The number of hydrogen-bond donors (Lipinski definition) is 1. The predicted octanol–water partition coefficient (Wildman–Crippen LogP) is 3.15. The maximum Gasteiger partial charge on any atom is 0.145 e. The van der Waals surface area contributed by atoms with Crippen molar-refractivity contribution in [3.8, 4) is 11.8 Å². The Balaban J connectivity index is 2.01. The van der Waals surface area contributed by atoms with Crippen LogP contribution in [0.4, 0.5) is 10.1 Å². The van der Waals surface area contributed by atoms with E-state index in [-0.39, 0.29) is 5.92 Å². The maximum atomic E-state index is 14.6. The molecule has 2 heterocycles. The standard InChI is InChI=1S/C18H21FN4O2S/c1-25-15-4-3-14(19)16-17(15)22-10-13(9-20)18(16)23-7-5-12(6-8-23)11-26(2,21)24/h3-4,10,12,21H,5-8,11H2,1-2H3. The second-order valence-corrected chi connectivity index (χ2v) is 9.05. The van der Waals surface area contributed by atoms with Crippen LogP contribution < -0.4 is 9.64 Å². The predicted molar refractivity (Wildman–Crippen MR) is 99.6 cm³/mol. The zero-order valence-electron chi connectivity index (χ0n) is 14.8. The fourth-order valence-corrected chi connectivity index (χ4v) is 4.81. The fraction of sp³-hybridized carbons (Fsp3) is 0.444. The highest BCUT2D eigenvalue weighted by Gasteiger charge is 2.26. The smallest absolute Gasteiger partial charge is 0.145 e. The number of nitrogens with one attached hydrogen (secondary N) is 1. The lowest BCUT2D eigenvalue weighted by Gasteiger charge is -2.34. The minimum absolute atomic E-state index is 0.208. The Morgan fingerprint density at radius 1 is 1.46 bits per heavy atom. The van der Waals surface area contributed by atoms with Crippen molar-refractivity contribution in [2.24, 2.45) is 5.92 Å². The van der Waals surface area contributed by atoms with Gasteiger partial charge in [-0.25, -0.2) is 4.39 Å². The van der Waals surface area contributed by atoms with Crippen molar-refractivity contribution in [2.45, 2.75) is 12.8 Å². The molecule has 1 fully saturated rings. The number of hydrogen-bond acceptors (Lipinski definition) is 6. The summed E-state index contributed by atoms with van der Waals surface area (Å²) in [5.41, 5.74) is 1.25. The van der Waals surface area contributed by atoms with Gasteiger partial charge in [-0.15, -0.1) is 0 Å². The van der Waals surface area contributed by atoms with Gasteiger partial charge in [0, 0.05) is 41.0 Å². The zero-order chi connectivity index (χ0) is 18.9. The van der Waals surface area contributed by atoms with Crippen LogP contribution in [0.15, 0.2) is 18.3 Å². The zero-order valence-corrected chi connectivity index (χ0v) is 15.6. The number of fused-ring (bicyclic) bond motifs is 1. The van der Waals surface area contributed by atoms with Crippen LogP contribution in [0.3, 0.4) is 0 Å². The molecule has 1 saturated heterocycles. The van der Waals surface area contributed by atoms with E-state index in [2.05, 4.69) is 11.1 Å². The number of nitriles is 1. The van der Waals surface area contributed by atoms with E-state index >= 15 is 0 Å². The summed E-state index contributed by atoms with van der Waals surface area (Å²) in [7, 11) is -1.03. The number of nitrogens with zero attached hydrogens (tertiary/aromatic N) is 3. The summed E-state index contributed by atoms with van der Waals surface area (Å²) in [6.45, 7) is 1.23. The Morgan fingerprint density at radius 2 is 2.15 bits per heavy atom. The van der Waals surface area contributed by atoms with E-state index < -0.39 is 15.5 Å². The van der Waals surface area contributed by atoms with Gasteiger partial charge in [-0.2, -0.15) is 5.26 Å². The van der Waals surface area contributed by atoms with Crippen LogP contribution in [-0.2, 0) is 9.73 Å². The van der Waals surface area contributed by atoms with Crippen LogP contribution in [0.1, 0.15) is 18.4 Å². The first-order valence-electron chi connectivity index (χ1n) is 8.35. The van der Waals surface area contributed by atoms with Crippen LogP contribution >= 0.6 is 0 Å². The molecule has 0 spiro atoms. The highest BCUT2D eigenvalue weighted by Crippen LogP contribution is 2.37. The second kappa shape index (κ2) is 7.08. The van der Waals surface area contributed by atoms with E-state index in [1.165, 1.54) is 31.7 Å². The van der Waals surface area contributed by atoms with E-state index in [4.69, 9.17) is 9.52 Å². The molecule has 138 valence electrons. The van der Waals surface area contributed by atoms with Gasteiger partial charge in [0.05, 0.1) is 23.7 Å². The molecule has 0 radical (unpaired) electrons. The van der Waals surface area contributed by atoms with Crippen molar-refractivity contribution >= 4 is 26.3 Å². The van der Waals surface area contributed by atoms with Gasteiger partial charge in [0.25, 0.3) is 0 Å². The Kier molecular flexibility index (Phi) is 5.01. The monoisotopic (exact) mass is 376 g/mol. The van der Waals surface area contributed by atoms with Crippen LogP contribution in [0.2, 0.25) is 0 Å². The van der Waals surface area contributed by atoms with E-state index in [0.29, 0.717) is 46.7 Å². The molecule has 6 nitrogen and oxygen atoms in total. The lowest BCUT2D eigenvalue weighted by Crippen LogP contribution is -2.36. The molecule has 0 saturated carbocycles. The molecule has 1 unspecified atom stereocenters. The molecule has 8 heteroatoms. The van der Waals surface area contributed by atoms with Crippen molar-refractivity contribution < 1.29 is 13.3 Å². The average molecular weight is 376 g/mol. The summed E-state index contributed by atoms with van der Waals surface area (Å²) in [5, 5.41) is 9.79. The third kappa shape index (κ3) is 3.58. The summed E-state index contributed by atoms with van der Waals surface area (Å²) in [4.78, 5) is 6.21. The van der Waals surface area contributed by atoms with E-state index in [1.54, 1.807) is 0 Å². The summed E-state index contributed by atoms with van der Waals surface area (Å²) in [6, 6.07) is 4.96. The van der Waals surface area contributed by atoms with Crippen molar-refractivity contribution in [3.05, 3.63) is 29.7 Å². The van der Waals surface area contributed by atoms with Crippen molar-refractivity contribution in [2.75, 3.05) is 37.1 Å². The highest BCUT2D eigenvalue weighted by molar-refractivity contribution is 7.91. The van der Waals surface area contributed by atoms with Gasteiger partial charge < -0.3 is 9.64 Å². The molecular weight excluding hydrogens is 355 g/mol. The first kappa shape index (κ1) is 18.4. The Hall–Kier alpha value is -2.40. The molecule has 0 amide bonds. The van der Waals surface area contributed by atoms with Crippen LogP contribution in [0.5, 0.6) is 5.75 Å². The normalized spacial score (nSPS) is 17.7. The van der Waals surface area contributed by atoms with Crippen molar-refractivity contribution in [1.29, 1.82) is 10.0 Å². The number of pyridine rings is 1. The van der Waals surface area contributed by atoms with Crippen LogP contribution in [-0.4, -0.2) is 41.4 Å². The highest BCUT2D eigenvalue weighted by atomic mass is 32.2. The fourth-order valence-electron chi connectivity index (χ4n) is 3.57. The topological polar surface area (TPSA) is 90.1 Å². The van der Waals surface area contributed by atoms with Gasteiger partial charge in [-0.05, 0) is 30.9 Å². The lowest BCUT2D eigenvalue weighted by molar-refractivity contribution is 0.418. The second-order valence-electron chi connectivity index (χ2n) is 6.71. The Bertz CT molecular complexity index is 977. The van der Waals surface area contributed by atoms with Gasteiger partial charge in [0.2, 0.25) is 0 Å². The van der Waals surface area contributed by atoms with Gasteiger partial charge >= 0.3 is 0 Å². The van der Waals surface area contributed by atoms with E-state index in [9.17, 15) is 13.9 Å². The van der Waals surface area contributed by atoms with Crippen molar-refractivity contribution in [1.82, 2.24) is 4.98 Å². The number of rotatable bonds is 4. The molecule has 1 atom stereocenters. The van der Waals surface area contributed by atoms with Gasteiger partial charge in [0.15, 0.2) is 0 Å². The molecule has 2 aromatic rings. The molecule has 1 N–H and O–H groups in total. The summed E-state index contributed by atoms with van der Waals surface area (Å²) >= 11 is 0. The number of ether oxygens (including phenoxy) is 1.